The van der Waals surface area contributed by atoms with E-state index in [0.29, 0.717) is 37.2 Å². The Balaban J connectivity index is 1.35. The number of nitrogens with zero attached hydrogens (tertiary/aromatic N) is 4. The Morgan fingerprint density at radius 2 is 2.13 bits per heavy atom. The van der Waals surface area contributed by atoms with Gasteiger partial charge in [0.05, 0.1) is 18.8 Å². The summed E-state index contributed by atoms with van der Waals surface area (Å²) in [4.78, 5) is 13.9. The highest BCUT2D eigenvalue weighted by atomic mass is 19.2. The standard InChI is InChI=1S/C21H24F2N4O3/c1-21(7-8-21)30-20(28)26-9-5-15(6-10-26)27-17(11-24)14(12-25-27)13-29-18-4-2-3-16(22)19(18)23/h2-4,12,15,18-19H,5-10,13H2,1H3. The molecule has 0 spiro atoms. The number of likely N-dealkylation sites (tertiary alicyclic amines) is 1. The van der Waals surface area contributed by atoms with Crippen molar-refractivity contribution in [2.24, 2.45) is 0 Å². The van der Waals surface area contributed by atoms with Crippen LogP contribution in [0.1, 0.15) is 49.9 Å². The van der Waals surface area contributed by atoms with Crippen LogP contribution in [0.15, 0.2) is 30.3 Å². The first-order valence-corrected chi connectivity index (χ1v) is 10.1. The van der Waals surface area contributed by atoms with E-state index in [0.717, 1.165) is 18.9 Å². The van der Waals surface area contributed by atoms with Gasteiger partial charge in [0, 0.05) is 18.7 Å². The van der Waals surface area contributed by atoms with E-state index >= 15 is 0 Å². The number of carbonyl (C=O) groups is 1. The molecule has 0 bridgehead atoms. The largest absolute Gasteiger partial charge is 0.443 e. The van der Waals surface area contributed by atoms with Crippen LogP contribution < -0.4 is 0 Å². The number of halogens is 2. The molecule has 1 aromatic heterocycles. The minimum Gasteiger partial charge on any atom is -0.443 e. The van der Waals surface area contributed by atoms with Crippen molar-refractivity contribution in [1.82, 2.24) is 14.7 Å². The highest BCUT2D eigenvalue weighted by molar-refractivity contribution is 5.68. The zero-order valence-corrected chi connectivity index (χ0v) is 16.8. The van der Waals surface area contributed by atoms with E-state index in [4.69, 9.17) is 9.47 Å². The van der Waals surface area contributed by atoms with Gasteiger partial charge < -0.3 is 14.4 Å². The van der Waals surface area contributed by atoms with Gasteiger partial charge in [-0.2, -0.15) is 10.4 Å². The maximum atomic E-state index is 13.9. The quantitative estimate of drug-likeness (QED) is 0.728. The number of nitriles is 1. The summed E-state index contributed by atoms with van der Waals surface area (Å²) in [5.74, 6) is -0.875. The van der Waals surface area contributed by atoms with Crippen LogP contribution in [-0.4, -0.2) is 51.7 Å². The van der Waals surface area contributed by atoms with Gasteiger partial charge in [0.2, 0.25) is 0 Å². The minimum atomic E-state index is -1.85. The lowest BCUT2D eigenvalue weighted by atomic mass is 10.1. The van der Waals surface area contributed by atoms with Gasteiger partial charge in [0.15, 0.2) is 6.17 Å². The number of allylic oxidation sites excluding steroid dienone is 2. The molecule has 30 heavy (non-hydrogen) atoms. The third kappa shape index (κ3) is 4.24. The van der Waals surface area contributed by atoms with Crippen molar-refractivity contribution in [2.45, 2.75) is 63.1 Å². The summed E-state index contributed by atoms with van der Waals surface area (Å²) in [5.41, 5.74) is 0.563. The molecule has 4 rings (SSSR count). The van der Waals surface area contributed by atoms with E-state index in [-0.39, 0.29) is 24.3 Å². The average molecular weight is 418 g/mol. The fourth-order valence-corrected chi connectivity index (χ4v) is 3.68. The average Bonchev–Trinajstić information content (AvgIpc) is 3.32. The third-order valence-electron chi connectivity index (χ3n) is 5.87. The molecular formula is C21H24F2N4O3. The zero-order chi connectivity index (χ0) is 21.3. The Bertz CT molecular complexity index is 908. The maximum absolute atomic E-state index is 13.9. The van der Waals surface area contributed by atoms with Crippen molar-refractivity contribution in [2.75, 3.05) is 13.1 Å². The molecule has 2 aliphatic carbocycles. The Morgan fingerprint density at radius 3 is 2.80 bits per heavy atom. The molecule has 1 amide bonds. The lowest BCUT2D eigenvalue weighted by Crippen LogP contribution is -2.41. The molecule has 2 atom stereocenters. The van der Waals surface area contributed by atoms with Gasteiger partial charge in [0.25, 0.3) is 0 Å². The third-order valence-corrected chi connectivity index (χ3v) is 5.87. The predicted molar refractivity (Wildman–Crippen MR) is 103 cm³/mol. The van der Waals surface area contributed by atoms with Gasteiger partial charge in [-0.3, -0.25) is 4.68 Å². The smallest absolute Gasteiger partial charge is 0.410 e. The predicted octanol–water partition coefficient (Wildman–Crippen LogP) is 3.73. The van der Waals surface area contributed by atoms with Gasteiger partial charge >= 0.3 is 6.09 Å². The number of aromatic nitrogens is 2. The van der Waals surface area contributed by atoms with Crippen LogP contribution in [0.2, 0.25) is 0 Å². The van der Waals surface area contributed by atoms with E-state index in [1.165, 1.54) is 18.3 Å². The van der Waals surface area contributed by atoms with E-state index < -0.39 is 18.1 Å². The Kier molecular flexibility index (Phi) is 5.60. The van der Waals surface area contributed by atoms with Gasteiger partial charge in [-0.05, 0) is 38.7 Å². The number of ether oxygens (including phenoxy) is 2. The molecule has 160 valence electrons. The van der Waals surface area contributed by atoms with Crippen LogP contribution in [0.5, 0.6) is 0 Å². The number of amides is 1. The lowest BCUT2D eigenvalue weighted by Gasteiger charge is -2.32. The van der Waals surface area contributed by atoms with Crippen molar-refractivity contribution in [3.05, 3.63) is 41.5 Å². The molecule has 1 saturated heterocycles. The van der Waals surface area contributed by atoms with Crippen LogP contribution in [0.25, 0.3) is 0 Å². The van der Waals surface area contributed by atoms with Crippen LogP contribution in [-0.2, 0) is 16.1 Å². The second kappa shape index (κ2) is 8.19. The van der Waals surface area contributed by atoms with E-state index in [1.54, 1.807) is 9.58 Å². The monoisotopic (exact) mass is 418 g/mol. The zero-order valence-electron chi connectivity index (χ0n) is 16.8. The molecule has 9 heteroatoms. The van der Waals surface area contributed by atoms with Crippen molar-refractivity contribution >= 4 is 6.09 Å². The first-order chi connectivity index (χ1) is 14.4. The fraction of sp³-hybridized carbons (Fsp3) is 0.571. The number of hydrogen-bond acceptors (Lipinski definition) is 5. The molecular weight excluding hydrogens is 394 g/mol. The molecule has 0 radical (unpaired) electrons. The maximum Gasteiger partial charge on any atom is 0.410 e. The first kappa shape index (κ1) is 20.5. The number of piperidine rings is 1. The molecule has 2 unspecified atom stereocenters. The molecule has 0 aromatic carbocycles. The van der Waals surface area contributed by atoms with Crippen molar-refractivity contribution in [3.8, 4) is 6.07 Å². The summed E-state index contributed by atoms with van der Waals surface area (Å²) in [5, 5.41) is 13.9. The molecule has 2 fully saturated rings. The summed E-state index contributed by atoms with van der Waals surface area (Å²) < 4.78 is 39.9. The molecule has 2 heterocycles. The number of hydrogen-bond donors (Lipinski definition) is 0. The van der Waals surface area contributed by atoms with Gasteiger partial charge in [-0.1, -0.05) is 12.2 Å². The van der Waals surface area contributed by atoms with Gasteiger partial charge in [-0.15, -0.1) is 0 Å². The summed E-state index contributed by atoms with van der Waals surface area (Å²) in [6, 6.07) is 2.11. The Hall–Kier alpha value is -2.73. The summed E-state index contributed by atoms with van der Waals surface area (Å²) >= 11 is 0. The minimum absolute atomic E-state index is 0.0298. The van der Waals surface area contributed by atoms with Crippen molar-refractivity contribution in [1.29, 1.82) is 5.26 Å². The molecule has 1 saturated carbocycles. The van der Waals surface area contributed by atoms with E-state index in [1.807, 2.05) is 6.92 Å². The van der Waals surface area contributed by atoms with Gasteiger partial charge in [-0.25, -0.2) is 13.6 Å². The second-order valence-electron chi connectivity index (χ2n) is 8.22. The highest BCUT2D eigenvalue weighted by Crippen LogP contribution is 2.39. The summed E-state index contributed by atoms with van der Waals surface area (Å²) in [7, 11) is 0. The fourth-order valence-electron chi connectivity index (χ4n) is 3.68. The Labute approximate surface area is 173 Å². The van der Waals surface area contributed by atoms with Crippen LogP contribution in [0.3, 0.4) is 0 Å². The Morgan fingerprint density at radius 1 is 1.40 bits per heavy atom. The SMILES string of the molecule is CC1(OC(=O)N2CCC(n3ncc(COC4C=CC=C(F)C4F)c3C#N)CC2)CC1. The van der Waals surface area contributed by atoms with Crippen molar-refractivity contribution < 1.29 is 23.0 Å². The van der Waals surface area contributed by atoms with Crippen molar-refractivity contribution in [3.63, 3.8) is 0 Å². The molecule has 7 nitrogen and oxygen atoms in total. The second-order valence-corrected chi connectivity index (χ2v) is 8.22. The van der Waals surface area contributed by atoms with Gasteiger partial charge in [0.1, 0.15) is 29.3 Å². The number of carbonyl (C=O) groups excluding carboxylic acids is 1. The number of alkyl halides is 1. The molecule has 3 aliphatic rings. The topological polar surface area (TPSA) is 80.4 Å². The number of rotatable bonds is 5. The first-order valence-electron chi connectivity index (χ1n) is 10.1. The molecule has 1 aliphatic heterocycles. The summed E-state index contributed by atoms with van der Waals surface area (Å²) in [6.07, 6.45) is 5.38. The molecule has 1 aromatic rings. The normalized spacial score (nSPS) is 25.5. The van der Waals surface area contributed by atoms with Crippen LogP contribution in [0, 0.1) is 11.3 Å². The van der Waals surface area contributed by atoms with E-state index in [9.17, 15) is 18.8 Å². The highest BCUT2D eigenvalue weighted by Gasteiger charge is 2.43. The van der Waals surface area contributed by atoms with E-state index in [2.05, 4.69) is 11.2 Å². The van der Waals surface area contributed by atoms with Crippen LogP contribution in [0.4, 0.5) is 13.6 Å². The summed E-state index contributed by atoms with van der Waals surface area (Å²) in [6.45, 7) is 2.94. The molecule has 0 N–H and O–H groups in total. The van der Waals surface area contributed by atoms with Crippen LogP contribution >= 0.6 is 0 Å². The lowest BCUT2D eigenvalue weighted by molar-refractivity contribution is 0.0215.